The summed E-state index contributed by atoms with van der Waals surface area (Å²) >= 11 is 0. The fourth-order valence-electron chi connectivity index (χ4n) is 1.60. The van der Waals surface area contributed by atoms with Gasteiger partial charge in [0.05, 0.1) is 32.3 Å². The molecule has 94 valence electrons. The largest absolute Gasteiger partial charge is 0.382 e. The summed E-state index contributed by atoms with van der Waals surface area (Å²) in [7, 11) is 1.58. The van der Waals surface area contributed by atoms with Crippen LogP contribution < -0.4 is 10.8 Å². The van der Waals surface area contributed by atoms with Crippen molar-refractivity contribution < 1.29 is 19.1 Å². The Kier molecular flexibility index (Phi) is 6.32. The summed E-state index contributed by atoms with van der Waals surface area (Å²) in [5.41, 5.74) is 2.41. The van der Waals surface area contributed by atoms with Crippen LogP contribution in [0.2, 0.25) is 0 Å². The van der Waals surface area contributed by atoms with Crippen molar-refractivity contribution in [3.8, 4) is 0 Å². The van der Waals surface area contributed by atoms with Crippen molar-refractivity contribution in [2.75, 3.05) is 40.1 Å². The van der Waals surface area contributed by atoms with Crippen LogP contribution in [0, 0.1) is 5.92 Å². The number of hydrogen-bond acceptors (Lipinski definition) is 5. The second-order valence-electron chi connectivity index (χ2n) is 3.62. The van der Waals surface area contributed by atoms with Crippen LogP contribution in [0.15, 0.2) is 0 Å². The molecular weight excluding hydrogens is 212 g/mol. The van der Waals surface area contributed by atoms with Gasteiger partial charge in [0.25, 0.3) is 5.91 Å². The van der Waals surface area contributed by atoms with Crippen LogP contribution in [0.5, 0.6) is 0 Å². The summed E-state index contributed by atoms with van der Waals surface area (Å²) in [5.74, 6) is -0.318. The molecular formula is C10H20N2O4. The summed E-state index contributed by atoms with van der Waals surface area (Å²) in [6.45, 7) is 4.64. The van der Waals surface area contributed by atoms with Gasteiger partial charge in [0.2, 0.25) is 0 Å². The molecule has 0 radical (unpaired) electrons. The summed E-state index contributed by atoms with van der Waals surface area (Å²) in [6, 6.07) is 0.0797. The van der Waals surface area contributed by atoms with E-state index in [1.165, 1.54) is 0 Å². The van der Waals surface area contributed by atoms with Crippen molar-refractivity contribution in [2.45, 2.75) is 13.0 Å². The Balaban J connectivity index is 2.23. The summed E-state index contributed by atoms with van der Waals surface area (Å²) in [5, 5.41) is 3.21. The monoisotopic (exact) mass is 232 g/mol. The van der Waals surface area contributed by atoms with E-state index in [2.05, 4.69) is 10.8 Å². The van der Waals surface area contributed by atoms with E-state index in [0.29, 0.717) is 26.4 Å². The minimum Gasteiger partial charge on any atom is -0.382 e. The van der Waals surface area contributed by atoms with Crippen molar-refractivity contribution in [2.24, 2.45) is 5.92 Å². The third-order valence-corrected chi connectivity index (χ3v) is 2.45. The van der Waals surface area contributed by atoms with Crippen LogP contribution in [0.25, 0.3) is 0 Å². The van der Waals surface area contributed by atoms with Gasteiger partial charge in [0.15, 0.2) is 0 Å². The number of amides is 1. The zero-order valence-corrected chi connectivity index (χ0v) is 9.82. The van der Waals surface area contributed by atoms with E-state index in [4.69, 9.17) is 14.3 Å². The standard InChI is InChI=1S/C10H20N2O4/c1-3-11-9-7-15-6-8(9)10(13)12-16-5-4-14-2/h8-9,11H,3-7H2,1-2H3,(H,12,13). The molecule has 6 heteroatoms. The Hall–Kier alpha value is -0.690. The Labute approximate surface area is 95.6 Å². The molecule has 2 atom stereocenters. The van der Waals surface area contributed by atoms with E-state index < -0.39 is 0 Å². The molecule has 0 aliphatic carbocycles. The maximum Gasteiger partial charge on any atom is 0.250 e. The highest BCUT2D eigenvalue weighted by Crippen LogP contribution is 2.13. The number of hydroxylamine groups is 1. The quantitative estimate of drug-likeness (QED) is 0.449. The third kappa shape index (κ3) is 4.05. The minimum absolute atomic E-state index is 0.0797. The molecule has 2 N–H and O–H groups in total. The SMILES string of the molecule is CCNC1COCC1C(=O)NOCCOC. The Bertz CT molecular complexity index is 213. The molecule has 1 fully saturated rings. The molecule has 0 aromatic carbocycles. The first-order chi connectivity index (χ1) is 7.79. The lowest BCUT2D eigenvalue weighted by atomic mass is 10.0. The van der Waals surface area contributed by atoms with Gasteiger partial charge in [-0.25, -0.2) is 5.48 Å². The van der Waals surface area contributed by atoms with E-state index in [9.17, 15) is 4.79 Å². The predicted octanol–water partition coefficient (Wildman–Crippen LogP) is -0.695. The second-order valence-corrected chi connectivity index (χ2v) is 3.62. The molecule has 6 nitrogen and oxygen atoms in total. The van der Waals surface area contributed by atoms with Gasteiger partial charge >= 0.3 is 0 Å². The topological polar surface area (TPSA) is 68.8 Å². The van der Waals surface area contributed by atoms with Gasteiger partial charge in [-0.1, -0.05) is 6.92 Å². The fraction of sp³-hybridized carbons (Fsp3) is 0.900. The van der Waals surface area contributed by atoms with Crippen LogP contribution in [0.3, 0.4) is 0 Å². The highest BCUT2D eigenvalue weighted by Gasteiger charge is 2.33. The van der Waals surface area contributed by atoms with Crippen LogP contribution in [0.1, 0.15) is 6.92 Å². The minimum atomic E-state index is -0.178. The van der Waals surface area contributed by atoms with Gasteiger partial charge in [0.1, 0.15) is 0 Å². The van der Waals surface area contributed by atoms with E-state index in [0.717, 1.165) is 6.54 Å². The molecule has 0 aromatic heterocycles. The van der Waals surface area contributed by atoms with Crippen molar-refractivity contribution in [1.29, 1.82) is 0 Å². The Morgan fingerprint density at radius 1 is 1.44 bits per heavy atom. The number of carbonyl (C=O) groups is 1. The Morgan fingerprint density at radius 3 is 2.94 bits per heavy atom. The molecule has 0 saturated carbocycles. The van der Waals surface area contributed by atoms with Gasteiger partial charge in [-0.3, -0.25) is 9.63 Å². The molecule has 1 aliphatic heterocycles. The lowest BCUT2D eigenvalue weighted by molar-refractivity contribution is -0.139. The number of hydrogen-bond donors (Lipinski definition) is 2. The number of likely N-dealkylation sites (N-methyl/N-ethyl adjacent to an activating group) is 1. The lowest BCUT2D eigenvalue weighted by Gasteiger charge is -2.17. The second kappa shape index (κ2) is 7.56. The molecule has 1 aliphatic rings. The number of carbonyl (C=O) groups excluding carboxylic acids is 1. The highest BCUT2D eigenvalue weighted by atomic mass is 16.7. The molecule has 16 heavy (non-hydrogen) atoms. The molecule has 0 bridgehead atoms. The fourth-order valence-corrected chi connectivity index (χ4v) is 1.60. The zero-order chi connectivity index (χ0) is 11.8. The number of rotatable bonds is 7. The van der Waals surface area contributed by atoms with Crippen LogP contribution in [0.4, 0.5) is 0 Å². The number of nitrogens with one attached hydrogen (secondary N) is 2. The lowest BCUT2D eigenvalue weighted by Crippen LogP contribution is -2.44. The first kappa shape index (κ1) is 13.4. The summed E-state index contributed by atoms with van der Waals surface area (Å²) < 4.78 is 10.1. The molecule has 1 saturated heterocycles. The van der Waals surface area contributed by atoms with Gasteiger partial charge in [0, 0.05) is 13.2 Å². The molecule has 0 aromatic rings. The predicted molar refractivity (Wildman–Crippen MR) is 57.7 cm³/mol. The number of ether oxygens (including phenoxy) is 2. The van der Waals surface area contributed by atoms with Crippen molar-refractivity contribution in [3.05, 3.63) is 0 Å². The first-order valence-electron chi connectivity index (χ1n) is 5.51. The first-order valence-corrected chi connectivity index (χ1v) is 5.51. The molecule has 2 unspecified atom stereocenters. The van der Waals surface area contributed by atoms with E-state index in [1.54, 1.807) is 7.11 Å². The zero-order valence-electron chi connectivity index (χ0n) is 9.82. The Morgan fingerprint density at radius 2 is 2.25 bits per heavy atom. The normalized spacial score (nSPS) is 24.6. The summed E-state index contributed by atoms with van der Waals surface area (Å²) in [6.07, 6.45) is 0. The van der Waals surface area contributed by atoms with Gasteiger partial charge in [-0.05, 0) is 6.54 Å². The van der Waals surface area contributed by atoms with Crippen LogP contribution in [-0.4, -0.2) is 52.0 Å². The molecule has 1 rings (SSSR count). The molecule has 0 spiro atoms. The van der Waals surface area contributed by atoms with Crippen molar-refractivity contribution in [1.82, 2.24) is 10.8 Å². The maximum absolute atomic E-state index is 11.7. The molecule has 1 amide bonds. The average Bonchev–Trinajstić information content (AvgIpc) is 2.73. The van der Waals surface area contributed by atoms with Gasteiger partial charge in [-0.15, -0.1) is 0 Å². The maximum atomic E-state index is 11.7. The van der Waals surface area contributed by atoms with Crippen molar-refractivity contribution >= 4 is 5.91 Å². The third-order valence-electron chi connectivity index (χ3n) is 2.45. The van der Waals surface area contributed by atoms with E-state index >= 15 is 0 Å². The molecule has 1 heterocycles. The average molecular weight is 232 g/mol. The summed E-state index contributed by atoms with van der Waals surface area (Å²) in [4.78, 5) is 16.7. The smallest absolute Gasteiger partial charge is 0.250 e. The van der Waals surface area contributed by atoms with Gasteiger partial charge in [-0.2, -0.15) is 0 Å². The van der Waals surface area contributed by atoms with E-state index in [-0.39, 0.29) is 17.9 Å². The van der Waals surface area contributed by atoms with Crippen LogP contribution >= 0.6 is 0 Å². The van der Waals surface area contributed by atoms with Crippen LogP contribution in [-0.2, 0) is 19.1 Å². The van der Waals surface area contributed by atoms with E-state index in [1.807, 2.05) is 6.92 Å². The van der Waals surface area contributed by atoms with Gasteiger partial charge < -0.3 is 14.8 Å². The highest BCUT2D eigenvalue weighted by molar-refractivity contribution is 5.78. The van der Waals surface area contributed by atoms with Crippen molar-refractivity contribution in [3.63, 3.8) is 0 Å². The number of methoxy groups -OCH3 is 1.